The Hall–Kier alpha value is -0.770. The van der Waals surface area contributed by atoms with Crippen LogP contribution in [-0.2, 0) is 9.47 Å². The molecule has 0 radical (unpaired) electrons. The van der Waals surface area contributed by atoms with Crippen LogP contribution < -0.4 is 16.0 Å². The minimum absolute atomic E-state index is 0. The van der Waals surface area contributed by atoms with E-state index in [-0.39, 0.29) is 30.1 Å². The van der Waals surface area contributed by atoms with Crippen molar-refractivity contribution in [3.63, 3.8) is 0 Å². The average Bonchev–Trinajstić information content (AvgIpc) is 2.38. The molecule has 25 heavy (non-hydrogen) atoms. The highest BCUT2D eigenvalue weighted by Crippen LogP contribution is 2.09. The fraction of sp³-hybridized carbons (Fsp3) is 0.882. The first-order valence-corrected chi connectivity index (χ1v) is 8.52. The Kier molecular flexibility index (Phi) is 13.3. The molecule has 0 saturated heterocycles. The summed E-state index contributed by atoms with van der Waals surface area (Å²) in [4.78, 5) is 16.0. The zero-order valence-electron chi connectivity index (χ0n) is 17.0. The smallest absolute Gasteiger partial charge is 0.408 e. The van der Waals surface area contributed by atoms with Crippen LogP contribution in [0.15, 0.2) is 4.99 Å². The van der Waals surface area contributed by atoms with Crippen LogP contribution in [-0.4, -0.2) is 56.0 Å². The summed E-state index contributed by atoms with van der Waals surface area (Å²) in [6.07, 6.45) is 0.726. The average molecular weight is 472 g/mol. The van der Waals surface area contributed by atoms with Crippen LogP contribution in [0.1, 0.15) is 54.9 Å². The highest BCUT2D eigenvalue weighted by Gasteiger charge is 2.24. The molecule has 0 spiro atoms. The molecule has 0 aliphatic carbocycles. The van der Waals surface area contributed by atoms with Gasteiger partial charge in [-0.3, -0.25) is 4.99 Å². The molecular formula is C17H37IN4O3. The third-order valence-corrected chi connectivity index (χ3v) is 2.83. The Bertz CT molecular complexity index is 407. The van der Waals surface area contributed by atoms with Crippen molar-refractivity contribution in [2.24, 2.45) is 4.99 Å². The van der Waals surface area contributed by atoms with Crippen LogP contribution in [0.2, 0.25) is 0 Å². The molecule has 7 nitrogen and oxygen atoms in total. The van der Waals surface area contributed by atoms with E-state index in [0.29, 0.717) is 19.1 Å². The van der Waals surface area contributed by atoms with Gasteiger partial charge in [0.2, 0.25) is 0 Å². The van der Waals surface area contributed by atoms with Crippen molar-refractivity contribution in [1.82, 2.24) is 16.0 Å². The molecule has 0 rings (SSSR count). The summed E-state index contributed by atoms with van der Waals surface area (Å²) in [5.74, 6) is 0.693. The molecule has 0 aliphatic heterocycles. The number of carbonyl (C=O) groups is 1. The molecule has 0 aromatic carbocycles. The summed E-state index contributed by atoms with van der Waals surface area (Å²) < 4.78 is 10.8. The molecule has 0 atom stereocenters. The molecule has 0 bridgehead atoms. The fourth-order valence-electron chi connectivity index (χ4n) is 1.75. The normalized spacial score (nSPS) is 12.4. The number of carbonyl (C=O) groups excluding carboxylic acids is 1. The van der Waals surface area contributed by atoms with E-state index in [9.17, 15) is 4.79 Å². The van der Waals surface area contributed by atoms with E-state index >= 15 is 0 Å². The molecule has 0 aliphatic rings. The number of amides is 1. The zero-order valence-corrected chi connectivity index (χ0v) is 19.3. The summed E-state index contributed by atoms with van der Waals surface area (Å²) in [6, 6.07) is 0. The number of nitrogens with zero attached hydrogens (tertiary/aromatic N) is 1. The minimum atomic E-state index is -0.511. The lowest BCUT2D eigenvalue weighted by atomic mass is 10.1. The maximum atomic E-state index is 11.9. The minimum Gasteiger partial charge on any atom is -0.444 e. The molecular weight excluding hydrogens is 435 g/mol. The van der Waals surface area contributed by atoms with E-state index in [4.69, 9.17) is 9.47 Å². The van der Waals surface area contributed by atoms with E-state index in [2.05, 4.69) is 20.9 Å². The number of halogens is 1. The van der Waals surface area contributed by atoms with Crippen molar-refractivity contribution >= 4 is 36.0 Å². The van der Waals surface area contributed by atoms with Crippen LogP contribution in [0.5, 0.6) is 0 Å². The number of rotatable bonds is 8. The predicted molar refractivity (Wildman–Crippen MR) is 114 cm³/mol. The van der Waals surface area contributed by atoms with E-state index in [1.54, 1.807) is 7.05 Å². The van der Waals surface area contributed by atoms with Gasteiger partial charge in [0.25, 0.3) is 0 Å². The topological polar surface area (TPSA) is 84.0 Å². The van der Waals surface area contributed by atoms with E-state index in [1.165, 1.54) is 0 Å². The van der Waals surface area contributed by atoms with Gasteiger partial charge in [0, 0.05) is 26.7 Å². The lowest BCUT2D eigenvalue weighted by Crippen LogP contribution is -2.54. The van der Waals surface area contributed by atoms with Gasteiger partial charge in [-0.2, -0.15) is 0 Å². The van der Waals surface area contributed by atoms with Gasteiger partial charge in [0.05, 0.1) is 11.6 Å². The summed E-state index contributed by atoms with van der Waals surface area (Å²) in [6.45, 7) is 15.4. The quantitative estimate of drug-likeness (QED) is 0.219. The number of hydrogen-bond donors (Lipinski definition) is 3. The van der Waals surface area contributed by atoms with Gasteiger partial charge in [-0.25, -0.2) is 4.79 Å². The van der Waals surface area contributed by atoms with Crippen LogP contribution in [0.25, 0.3) is 0 Å². The van der Waals surface area contributed by atoms with E-state index in [1.807, 2.05) is 48.5 Å². The van der Waals surface area contributed by atoms with E-state index < -0.39 is 17.2 Å². The Morgan fingerprint density at radius 2 is 1.72 bits per heavy atom. The first-order valence-electron chi connectivity index (χ1n) is 8.52. The van der Waals surface area contributed by atoms with Crippen LogP contribution in [0, 0.1) is 0 Å². The summed E-state index contributed by atoms with van der Waals surface area (Å²) in [5, 5.41) is 9.28. The third-order valence-electron chi connectivity index (χ3n) is 2.83. The Morgan fingerprint density at radius 3 is 2.20 bits per heavy atom. The second-order valence-electron chi connectivity index (χ2n) is 7.64. The standard InChI is InChI=1S/C17H36N4O3.HI/c1-13(2)23-11-9-10-19-14(18-8)20-12-17(6,7)21-15(22)24-16(3,4)5;/h13H,9-12H2,1-8H3,(H,21,22)(H2,18,19,20);1H. The van der Waals surface area contributed by atoms with Crippen LogP contribution in [0.3, 0.4) is 0 Å². The molecule has 1 amide bonds. The summed E-state index contributed by atoms with van der Waals surface area (Å²) >= 11 is 0. The number of alkyl carbamates (subject to hydrolysis) is 1. The number of ether oxygens (including phenoxy) is 2. The first kappa shape index (κ1) is 26.5. The van der Waals surface area contributed by atoms with Crippen molar-refractivity contribution in [2.75, 3.05) is 26.7 Å². The van der Waals surface area contributed by atoms with Gasteiger partial charge in [-0.15, -0.1) is 24.0 Å². The Labute approximate surface area is 170 Å². The summed E-state index contributed by atoms with van der Waals surface area (Å²) in [5.41, 5.74) is -0.982. The van der Waals surface area contributed by atoms with Crippen molar-refractivity contribution in [3.8, 4) is 0 Å². The second kappa shape index (κ2) is 12.6. The number of hydrogen-bond acceptors (Lipinski definition) is 4. The third kappa shape index (κ3) is 16.4. The van der Waals surface area contributed by atoms with Crippen molar-refractivity contribution < 1.29 is 14.3 Å². The van der Waals surface area contributed by atoms with Gasteiger partial charge >= 0.3 is 6.09 Å². The van der Waals surface area contributed by atoms with Crippen molar-refractivity contribution in [3.05, 3.63) is 0 Å². The fourth-order valence-corrected chi connectivity index (χ4v) is 1.75. The van der Waals surface area contributed by atoms with Gasteiger partial charge in [-0.1, -0.05) is 0 Å². The number of aliphatic imine (C=N–C) groups is 1. The van der Waals surface area contributed by atoms with E-state index in [0.717, 1.165) is 13.0 Å². The van der Waals surface area contributed by atoms with Crippen LogP contribution >= 0.6 is 24.0 Å². The summed E-state index contributed by atoms with van der Waals surface area (Å²) in [7, 11) is 1.72. The second-order valence-corrected chi connectivity index (χ2v) is 7.64. The van der Waals surface area contributed by atoms with Crippen LogP contribution in [0.4, 0.5) is 4.79 Å². The van der Waals surface area contributed by atoms with Crippen molar-refractivity contribution in [2.45, 2.75) is 72.1 Å². The van der Waals surface area contributed by atoms with Gasteiger partial charge in [0.1, 0.15) is 5.60 Å². The molecule has 0 heterocycles. The number of guanidine groups is 1. The molecule has 0 fully saturated rings. The monoisotopic (exact) mass is 472 g/mol. The molecule has 0 unspecified atom stereocenters. The van der Waals surface area contributed by atoms with Gasteiger partial charge < -0.3 is 25.4 Å². The number of nitrogens with one attached hydrogen (secondary N) is 3. The SMILES string of the molecule is CN=C(NCCCOC(C)C)NCC(C)(C)NC(=O)OC(C)(C)C.I. The molecule has 8 heteroatoms. The highest BCUT2D eigenvalue weighted by molar-refractivity contribution is 14.0. The Balaban J connectivity index is 0. The zero-order chi connectivity index (χ0) is 18.8. The lowest BCUT2D eigenvalue weighted by molar-refractivity contribution is 0.0473. The molecule has 0 aromatic heterocycles. The highest BCUT2D eigenvalue weighted by atomic mass is 127. The molecule has 150 valence electrons. The lowest BCUT2D eigenvalue weighted by Gasteiger charge is -2.29. The molecule has 3 N–H and O–H groups in total. The predicted octanol–water partition coefficient (Wildman–Crippen LogP) is 2.89. The largest absolute Gasteiger partial charge is 0.444 e. The first-order chi connectivity index (χ1) is 10.9. The maximum Gasteiger partial charge on any atom is 0.408 e. The Morgan fingerprint density at radius 1 is 1.12 bits per heavy atom. The van der Waals surface area contributed by atoms with Gasteiger partial charge in [-0.05, 0) is 54.9 Å². The van der Waals surface area contributed by atoms with Gasteiger partial charge in [0.15, 0.2) is 5.96 Å². The molecule has 0 aromatic rings. The molecule has 0 saturated carbocycles. The van der Waals surface area contributed by atoms with Crippen molar-refractivity contribution in [1.29, 1.82) is 0 Å². The maximum absolute atomic E-state index is 11.9.